The zero-order valence-corrected chi connectivity index (χ0v) is 8.43. The van der Waals surface area contributed by atoms with Crippen molar-refractivity contribution in [3.63, 3.8) is 0 Å². The summed E-state index contributed by atoms with van der Waals surface area (Å²) in [5.41, 5.74) is 5.77. The quantitative estimate of drug-likeness (QED) is 0.636. The van der Waals surface area contributed by atoms with Crippen molar-refractivity contribution >= 4 is 11.6 Å². The second-order valence-electron chi connectivity index (χ2n) is 3.01. The van der Waals surface area contributed by atoms with E-state index in [0.29, 0.717) is 5.69 Å². The van der Waals surface area contributed by atoms with E-state index in [-0.39, 0.29) is 6.61 Å². The van der Waals surface area contributed by atoms with Gasteiger partial charge in [0.1, 0.15) is 11.8 Å². The molecule has 0 aromatic heterocycles. The molecule has 1 aromatic carbocycles. The van der Waals surface area contributed by atoms with E-state index in [4.69, 9.17) is 15.6 Å². The van der Waals surface area contributed by atoms with E-state index >= 15 is 0 Å². The molecule has 1 rings (SSSR count). The fraction of sp³-hybridized carbons (Fsp3) is 0.300. The molecule has 0 aliphatic rings. The fourth-order valence-corrected chi connectivity index (χ4v) is 1.10. The Morgan fingerprint density at radius 2 is 2.13 bits per heavy atom. The molecule has 0 spiro atoms. The average molecular weight is 210 g/mol. The normalized spacial score (nSPS) is 11.9. The molecule has 0 fully saturated rings. The third-order valence-electron chi connectivity index (χ3n) is 1.96. The SMILES string of the molecule is COc1ccc(NC(CO)C(N)=O)cc1. The van der Waals surface area contributed by atoms with E-state index < -0.39 is 11.9 Å². The van der Waals surface area contributed by atoms with E-state index in [2.05, 4.69) is 5.32 Å². The van der Waals surface area contributed by atoms with Gasteiger partial charge in [-0.2, -0.15) is 0 Å². The van der Waals surface area contributed by atoms with Crippen LogP contribution >= 0.6 is 0 Å². The van der Waals surface area contributed by atoms with Gasteiger partial charge in [0, 0.05) is 5.69 Å². The minimum absolute atomic E-state index is 0.332. The highest BCUT2D eigenvalue weighted by Gasteiger charge is 2.12. The fourth-order valence-electron chi connectivity index (χ4n) is 1.10. The molecular formula is C10H14N2O3. The maximum atomic E-state index is 10.8. The number of nitrogens with one attached hydrogen (secondary N) is 1. The highest BCUT2D eigenvalue weighted by molar-refractivity contribution is 5.83. The number of aliphatic hydroxyl groups excluding tert-OH is 1. The Morgan fingerprint density at radius 3 is 2.53 bits per heavy atom. The largest absolute Gasteiger partial charge is 0.497 e. The number of anilines is 1. The van der Waals surface area contributed by atoms with Gasteiger partial charge in [-0.1, -0.05) is 0 Å². The van der Waals surface area contributed by atoms with Crippen molar-refractivity contribution in [2.24, 2.45) is 5.73 Å². The molecule has 0 saturated carbocycles. The summed E-state index contributed by atoms with van der Waals surface area (Å²) < 4.78 is 4.98. The third kappa shape index (κ3) is 3.14. The molecule has 5 heteroatoms. The average Bonchev–Trinajstić information content (AvgIpc) is 2.26. The molecule has 0 aliphatic carbocycles. The first-order valence-corrected chi connectivity index (χ1v) is 4.48. The van der Waals surface area contributed by atoms with Crippen LogP contribution in [0.3, 0.4) is 0 Å². The Hall–Kier alpha value is -1.75. The van der Waals surface area contributed by atoms with Gasteiger partial charge in [0.15, 0.2) is 0 Å². The molecule has 0 radical (unpaired) electrons. The number of carbonyl (C=O) groups is 1. The van der Waals surface area contributed by atoms with Gasteiger partial charge in [0.2, 0.25) is 5.91 Å². The van der Waals surface area contributed by atoms with Crippen molar-refractivity contribution in [3.05, 3.63) is 24.3 Å². The maximum Gasteiger partial charge on any atom is 0.242 e. The molecule has 0 bridgehead atoms. The van der Waals surface area contributed by atoms with Gasteiger partial charge in [-0.25, -0.2) is 0 Å². The van der Waals surface area contributed by atoms with Crippen LogP contribution < -0.4 is 15.8 Å². The zero-order valence-electron chi connectivity index (χ0n) is 8.43. The van der Waals surface area contributed by atoms with Crippen molar-refractivity contribution in [1.29, 1.82) is 0 Å². The van der Waals surface area contributed by atoms with E-state index in [1.165, 1.54) is 0 Å². The standard InChI is InChI=1S/C10H14N2O3/c1-15-8-4-2-7(3-5-8)12-9(6-13)10(11)14/h2-5,9,12-13H,6H2,1H3,(H2,11,14). The zero-order chi connectivity index (χ0) is 11.3. The summed E-state index contributed by atoms with van der Waals surface area (Å²) >= 11 is 0. The van der Waals surface area contributed by atoms with Crippen molar-refractivity contribution in [2.75, 3.05) is 19.0 Å². The predicted molar refractivity (Wildman–Crippen MR) is 56.7 cm³/mol. The predicted octanol–water partition coefficient (Wildman–Crippen LogP) is -0.0467. The summed E-state index contributed by atoms with van der Waals surface area (Å²) in [4.78, 5) is 10.8. The van der Waals surface area contributed by atoms with E-state index in [9.17, 15) is 4.79 Å². The number of primary amides is 1. The number of nitrogens with two attached hydrogens (primary N) is 1. The van der Waals surface area contributed by atoms with Gasteiger partial charge >= 0.3 is 0 Å². The van der Waals surface area contributed by atoms with Crippen LogP contribution in [0.2, 0.25) is 0 Å². The lowest BCUT2D eigenvalue weighted by molar-refractivity contribution is -0.119. The molecule has 15 heavy (non-hydrogen) atoms. The minimum Gasteiger partial charge on any atom is -0.497 e. The molecule has 1 atom stereocenters. The molecule has 1 amide bonds. The summed E-state index contributed by atoms with van der Waals surface area (Å²) in [5, 5.41) is 11.7. The Bertz CT molecular complexity index is 324. The summed E-state index contributed by atoms with van der Waals surface area (Å²) in [6.07, 6.45) is 0. The lowest BCUT2D eigenvalue weighted by atomic mass is 10.2. The van der Waals surface area contributed by atoms with Crippen LogP contribution in [-0.4, -0.2) is 30.8 Å². The number of ether oxygens (including phenoxy) is 1. The monoisotopic (exact) mass is 210 g/mol. The summed E-state index contributed by atoms with van der Waals surface area (Å²) in [6.45, 7) is -0.332. The second-order valence-corrected chi connectivity index (χ2v) is 3.01. The van der Waals surface area contributed by atoms with E-state index in [1.54, 1.807) is 31.4 Å². The van der Waals surface area contributed by atoms with Gasteiger partial charge < -0.3 is 20.9 Å². The second kappa shape index (κ2) is 5.21. The van der Waals surface area contributed by atoms with Crippen molar-refractivity contribution < 1.29 is 14.6 Å². The van der Waals surface area contributed by atoms with Crippen LogP contribution in [-0.2, 0) is 4.79 Å². The smallest absolute Gasteiger partial charge is 0.242 e. The van der Waals surface area contributed by atoms with Crippen LogP contribution in [0, 0.1) is 0 Å². The minimum atomic E-state index is -0.765. The van der Waals surface area contributed by atoms with Crippen LogP contribution in [0.4, 0.5) is 5.69 Å². The van der Waals surface area contributed by atoms with Gasteiger partial charge in [-0.15, -0.1) is 0 Å². The molecule has 4 N–H and O–H groups in total. The van der Waals surface area contributed by atoms with Crippen LogP contribution in [0.15, 0.2) is 24.3 Å². The third-order valence-corrected chi connectivity index (χ3v) is 1.96. The van der Waals surface area contributed by atoms with E-state index in [1.807, 2.05) is 0 Å². The highest BCUT2D eigenvalue weighted by atomic mass is 16.5. The van der Waals surface area contributed by atoms with Crippen molar-refractivity contribution in [1.82, 2.24) is 0 Å². The van der Waals surface area contributed by atoms with Gasteiger partial charge in [0.05, 0.1) is 13.7 Å². The number of aliphatic hydroxyl groups is 1. The van der Waals surface area contributed by atoms with Crippen LogP contribution in [0.5, 0.6) is 5.75 Å². The maximum absolute atomic E-state index is 10.8. The molecule has 1 unspecified atom stereocenters. The Labute approximate surface area is 87.9 Å². The topological polar surface area (TPSA) is 84.6 Å². The number of rotatable bonds is 5. The number of hydrogen-bond acceptors (Lipinski definition) is 4. The molecule has 0 heterocycles. The molecule has 0 aliphatic heterocycles. The van der Waals surface area contributed by atoms with Gasteiger partial charge in [-0.3, -0.25) is 4.79 Å². The van der Waals surface area contributed by atoms with Crippen LogP contribution in [0.1, 0.15) is 0 Å². The molecule has 5 nitrogen and oxygen atoms in total. The Balaban J connectivity index is 2.67. The number of amides is 1. The number of carbonyl (C=O) groups excluding carboxylic acids is 1. The summed E-state index contributed by atoms with van der Waals surface area (Å²) in [7, 11) is 1.57. The first-order chi connectivity index (χ1) is 7.17. The first kappa shape index (κ1) is 11.3. The van der Waals surface area contributed by atoms with Gasteiger partial charge in [0.25, 0.3) is 0 Å². The lowest BCUT2D eigenvalue weighted by Crippen LogP contribution is -2.38. The number of methoxy groups -OCH3 is 1. The van der Waals surface area contributed by atoms with E-state index in [0.717, 1.165) is 5.75 Å². The van der Waals surface area contributed by atoms with Crippen molar-refractivity contribution in [2.45, 2.75) is 6.04 Å². The number of hydrogen-bond donors (Lipinski definition) is 3. The number of benzene rings is 1. The Morgan fingerprint density at radius 1 is 1.53 bits per heavy atom. The van der Waals surface area contributed by atoms with Gasteiger partial charge in [-0.05, 0) is 24.3 Å². The van der Waals surface area contributed by atoms with Crippen molar-refractivity contribution in [3.8, 4) is 5.75 Å². The van der Waals surface area contributed by atoms with Crippen LogP contribution in [0.25, 0.3) is 0 Å². The lowest BCUT2D eigenvalue weighted by Gasteiger charge is -2.13. The molecule has 82 valence electrons. The highest BCUT2D eigenvalue weighted by Crippen LogP contribution is 2.15. The first-order valence-electron chi connectivity index (χ1n) is 4.48. The summed E-state index contributed by atoms with van der Waals surface area (Å²) in [5.74, 6) is 0.133. The molecule has 1 aromatic rings. The molecule has 0 saturated heterocycles. The Kier molecular flexibility index (Phi) is 3.93. The summed E-state index contributed by atoms with van der Waals surface area (Å²) in [6, 6.07) is 6.21. The molecular weight excluding hydrogens is 196 g/mol.